The molecule has 2 aromatic carbocycles. The summed E-state index contributed by atoms with van der Waals surface area (Å²) in [5, 5.41) is 0.812. The van der Waals surface area contributed by atoms with Crippen molar-refractivity contribution in [3.63, 3.8) is 0 Å². The van der Waals surface area contributed by atoms with Crippen LogP contribution in [-0.2, 0) is 15.8 Å². The fraction of sp³-hybridized carbons (Fsp3) is 0.143. The predicted molar refractivity (Wildman–Crippen MR) is 85.7 cm³/mol. The van der Waals surface area contributed by atoms with E-state index in [1.165, 1.54) is 13.2 Å². The van der Waals surface area contributed by atoms with Gasteiger partial charge in [0.15, 0.2) is 0 Å². The van der Waals surface area contributed by atoms with Crippen LogP contribution in [0.25, 0.3) is 0 Å². The van der Waals surface area contributed by atoms with Crippen LogP contribution in [0.2, 0.25) is 10.0 Å². The zero-order valence-corrected chi connectivity index (χ0v) is 13.5. The molecular formula is C14H13Cl2NO3S. The first kappa shape index (κ1) is 15.9. The highest BCUT2D eigenvalue weighted by molar-refractivity contribution is 7.91. The lowest BCUT2D eigenvalue weighted by atomic mass is 10.2. The highest BCUT2D eigenvalue weighted by Gasteiger charge is 2.16. The molecule has 4 nitrogen and oxygen atoms in total. The maximum Gasteiger partial charge on any atom is 0.237 e. The number of hydrogen-bond acceptors (Lipinski definition) is 3. The lowest BCUT2D eigenvalue weighted by Gasteiger charge is -2.12. The van der Waals surface area contributed by atoms with Crippen molar-refractivity contribution < 1.29 is 13.2 Å². The quantitative estimate of drug-likeness (QED) is 0.892. The number of methoxy groups -OCH3 is 1. The van der Waals surface area contributed by atoms with E-state index in [1.54, 1.807) is 36.4 Å². The Morgan fingerprint density at radius 1 is 1.14 bits per heavy atom. The van der Waals surface area contributed by atoms with Crippen LogP contribution >= 0.6 is 23.2 Å². The van der Waals surface area contributed by atoms with E-state index >= 15 is 0 Å². The molecule has 1 N–H and O–H groups in total. The van der Waals surface area contributed by atoms with Crippen molar-refractivity contribution in [3.05, 3.63) is 58.1 Å². The van der Waals surface area contributed by atoms with Gasteiger partial charge in [-0.25, -0.2) is 8.42 Å². The number of nitrogens with one attached hydrogen (secondary N) is 1. The molecule has 0 saturated carbocycles. The highest BCUT2D eigenvalue weighted by atomic mass is 35.5. The third-order valence-electron chi connectivity index (χ3n) is 2.73. The van der Waals surface area contributed by atoms with Gasteiger partial charge in [-0.05, 0) is 29.8 Å². The van der Waals surface area contributed by atoms with Gasteiger partial charge < -0.3 is 4.74 Å². The van der Waals surface area contributed by atoms with E-state index in [2.05, 4.69) is 4.72 Å². The minimum atomic E-state index is -3.63. The van der Waals surface area contributed by atoms with Gasteiger partial charge in [-0.1, -0.05) is 41.4 Å². The Morgan fingerprint density at radius 3 is 2.52 bits per heavy atom. The van der Waals surface area contributed by atoms with Crippen LogP contribution in [0.3, 0.4) is 0 Å². The Bertz CT molecular complexity index is 748. The lowest BCUT2D eigenvalue weighted by Crippen LogP contribution is -2.16. The Balaban J connectivity index is 2.26. The van der Waals surface area contributed by atoms with Gasteiger partial charge in [-0.15, -0.1) is 0 Å². The van der Waals surface area contributed by atoms with Crippen molar-refractivity contribution in [1.82, 2.24) is 0 Å². The van der Waals surface area contributed by atoms with Gasteiger partial charge in [0.05, 0.1) is 18.6 Å². The van der Waals surface area contributed by atoms with Crippen LogP contribution in [0.4, 0.5) is 5.69 Å². The fourth-order valence-corrected chi connectivity index (χ4v) is 3.47. The van der Waals surface area contributed by atoms with Gasteiger partial charge in [0.1, 0.15) is 5.75 Å². The molecule has 2 aromatic rings. The normalized spacial score (nSPS) is 11.2. The summed E-state index contributed by atoms with van der Waals surface area (Å²) in [5.41, 5.74) is 0.810. The molecule has 0 aliphatic rings. The summed E-state index contributed by atoms with van der Waals surface area (Å²) in [6.07, 6.45) is 0. The standard InChI is InChI=1S/C14H13Cl2NO3S/c1-20-14-7-6-11(15)8-13(14)17-21(18,19)9-10-4-2-3-5-12(10)16/h2-8,17H,9H2,1H3. The van der Waals surface area contributed by atoms with Crippen LogP contribution in [-0.4, -0.2) is 15.5 Å². The summed E-state index contributed by atoms with van der Waals surface area (Å²) < 4.78 is 32.0. The number of halogens is 2. The summed E-state index contributed by atoms with van der Waals surface area (Å²) in [6, 6.07) is 11.5. The molecule has 112 valence electrons. The molecule has 0 heterocycles. The Labute approximate surface area is 133 Å². The van der Waals surface area contributed by atoms with E-state index in [1.807, 2.05) is 0 Å². The minimum Gasteiger partial charge on any atom is -0.495 e. The van der Waals surface area contributed by atoms with Gasteiger partial charge in [-0.3, -0.25) is 4.72 Å². The van der Waals surface area contributed by atoms with Gasteiger partial charge >= 0.3 is 0 Å². The van der Waals surface area contributed by atoms with Crippen molar-refractivity contribution in [2.75, 3.05) is 11.8 Å². The van der Waals surface area contributed by atoms with E-state index in [0.29, 0.717) is 21.4 Å². The second kappa shape index (κ2) is 6.56. The third-order valence-corrected chi connectivity index (χ3v) is 4.56. The maximum atomic E-state index is 12.2. The molecule has 0 unspecified atom stereocenters. The average Bonchev–Trinajstić information content (AvgIpc) is 2.41. The van der Waals surface area contributed by atoms with Gasteiger partial charge in [0.2, 0.25) is 10.0 Å². The first-order chi connectivity index (χ1) is 9.91. The second-order valence-corrected chi connectivity index (χ2v) is 6.86. The number of hydrogen-bond donors (Lipinski definition) is 1. The zero-order chi connectivity index (χ0) is 15.5. The molecule has 0 bridgehead atoms. The van der Waals surface area contributed by atoms with Gasteiger partial charge in [0.25, 0.3) is 0 Å². The van der Waals surface area contributed by atoms with E-state index in [9.17, 15) is 8.42 Å². The van der Waals surface area contributed by atoms with Crippen molar-refractivity contribution in [1.29, 1.82) is 0 Å². The van der Waals surface area contributed by atoms with Crippen LogP contribution in [0, 0.1) is 0 Å². The molecule has 0 aliphatic carbocycles. The second-order valence-electron chi connectivity index (χ2n) is 4.30. The Hall–Kier alpha value is -1.43. The van der Waals surface area contributed by atoms with Gasteiger partial charge in [0, 0.05) is 10.0 Å². The van der Waals surface area contributed by atoms with E-state index in [-0.39, 0.29) is 11.4 Å². The number of benzene rings is 2. The smallest absolute Gasteiger partial charge is 0.237 e. The molecule has 0 radical (unpaired) electrons. The van der Waals surface area contributed by atoms with Gasteiger partial charge in [-0.2, -0.15) is 0 Å². The molecule has 21 heavy (non-hydrogen) atoms. The molecule has 0 saturated heterocycles. The lowest BCUT2D eigenvalue weighted by molar-refractivity contribution is 0.417. The molecule has 0 atom stereocenters. The minimum absolute atomic E-state index is 0.234. The van der Waals surface area contributed by atoms with Crippen molar-refractivity contribution >= 4 is 38.9 Å². The van der Waals surface area contributed by atoms with Crippen molar-refractivity contribution in [2.24, 2.45) is 0 Å². The number of ether oxygens (including phenoxy) is 1. The topological polar surface area (TPSA) is 55.4 Å². The molecule has 0 fully saturated rings. The summed E-state index contributed by atoms with van der Waals surface area (Å²) in [4.78, 5) is 0. The molecular weight excluding hydrogens is 333 g/mol. The molecule has 7 heteroatoms. The molecule has 0 spiro atoms. The first-order valence-electron chi connectivity index (χ1n) is 5.99. The van der Waals surface area contributed by atoms with E-state index in [4.69, 9.17) is 27.9 Å². The Morgan fingerprint density at radius 2 is 1.86 bits per heavy atom. The van der Waals surface area contributed by atoms with Crippen molar-refractivity contribution in [3.8, 4) is 5.75 Å². The molecule has 0 aliphatic heterocycles. The SMILES string of the molecule is COc1ccc(Cl)cc1NS(=O)(=O)Cc1ccccc1Cl. The predicted octanol–water partition coefficient (Wildman–Crippen LogP) is 3.94. The number of anilines is 1. The molecule has 0 aromatic heterocycles. The highest BCUT2D eigenvalue weighted by Crippen LogP contribution is 2.29. The monoisotopic (exact) mass is 345 g/mol. The van der Waals surface area contributed by atoms with Crippen molar-refractivity contribution in [2.45, 2.75) is 5.75 Å². The molecule has 2 rings (SSSR count). The fourth-order valence-electron chi connectivity index (χ4n) is 1.78. The third kappa shape index (κ3) is 4.27. The van der Waals surface area contributed by atoms with E-state index < -0.39 is 10.0 Å². The van der Waals surface area contributed by atoms with E-state index in [0.717, 1.165) is 0 Å². The molecule has 0 amide bonds. The Kier molecular flexibility index (Phi) is 4.98. The number of rotatable bonds is 5. The van der Waals surface area contributed by atoms with Crippen LogP contribution < -0.4 is 9.46 Å². The average molecular weight is 346 g/mol. The van der Waals surface area contributed by atoms with Crippen LogP contribution in [0.15, 0.2) is 42.5 Å². The summed E-state index contributed by atoms with van der Waals surface area (Å²) >= 11 is 11.9. The maximum absolute atomic E-state index is 12.2. The number of sulfonamides is 1. The largest absolute Gasteiger partial charge is 0.495 e. The summed E-state index contributed by atoms with van der Waals surface area (Å²) in [6.45, 7) is 0. The van der Waals surface area contributed by atoms with Crippen LogP contribution in [0.1, 0.15) is 5.56 Å². The summed E-state index contributed by atoms with van der Waals surface area (Å²) in [7, 11) is -2.18. The first-order valence-corrected chi connectivity index (χ1v) is 8.39. The van der Waals surface area contributed by atoms with Crippen LogP contribution in [0.5, 0.6) is 5.75 Å². The summed E-state index contributed by atoms with van der Waals surface area (Å²) in [5.74, 6) is 0.157. The zero-order valence-electron chi connectivity index (χ0n) is 11.1.